The van der Waals surface area contributed by atoms with Gasteiger partial charge in [0.1, 0.15) is 6.61 Å². The number of aliphatic hydroxyl groups is 1. The second-order valence-electron chi connectivity index (χ2n) is 5.23. The Bertz CT molecular complexity index is 486. The average molecular weight is 277 g/mol. The number of imide groups is 1. The first-order valence-electron chi connectivity index (χ1n) is 6.73. The average Bonchev–Trinajstić information content (AvgIpc) is 2.85. The molecule has 0 bridgehead atoms. The molecule has 1 aliphatic heterocycles. The van der Waals surface area contributed by atoms with Crippen LogP contribution in [-0.2, 0) is 9.53 Å². The number of rotatable bonds is 4. The van der Waals surface area contributed by atoms with Gasteiger partial charge in [-0.25, -0.2) is 9.69 Å². The van der Waals surface area contributed by atoms with E-state index in [0.717, 1.165) is 4.90 Å². The molecule has 1 fully saturated rings. The summed E-state index contributed by atoms with van der Waals surface area (Å²) < 4.78 is 4.79. The molecule has 5 nitrogen and oxygen atoms in total. The molecule has 2 amide bonds. The van der Waals surface area contributed by atoms with Crippen LogP contribution in [0.2, 0.25) is 0 Å². The quantitative estimate of drug-likeness (QED) is 0.913. The molecule has 0 radical (unpaired) electrons. The molecule has 0 aliphatic carbocycles. The van der Waals surface area contributed by atoms with E-state index in [1.54, 1.807) is 12.1 Å². The third-order valence-corrected chi connectivity index (χ3v) is 3.51. The molecule has 0 unspecified atom stereocenters. The summed E-state index contributed by atoms with van der Waals surface area (Å²) in [7, 11) is 0. The molecule has 1 aromatic rings. The molecule has 0 aromatic heterocycles. The molecule has 1 N–H and O–H groups in total. The fraction of sp³-hybridized carbons (Fsp3) is 0.467. The monoisotopic (exact) mass is 277 g/mol. The van der Waals surface area contributed by atoms with Crippen LogP contribution in [0.3, 0.4) is 0 Å². The van der Waals surface area contributed by atoms with Gasteiger partial charge in [0.2, 0.25) is 5.91 Å². The first-order valence-corrected chi connectivity index (χ1v) is 6.73. The summed E-state index contributed by atoms with van der Waals surface area (Å²) in [5, 5.41) is 10.5. The third-order valence-electron chi connectivity index (χ3n) is 3.51. The summed E-state index contributed by atoms with van der Waals surface area (Å²) >= 11 is 0. The highest BCUT2D eigenvalue weighted by Crippen LogP contribution is 2.30. The number of hydrogen-bond acceptors (Lipinski definition) is 4. The molecule has 1 saturated heterocycles. The molecule has 2 atom stereocenters. The maximum Gasteiger partial charge on any atom is 0.416 e. The van der Waals surface area contributed by atoms with Gasteiger partial charge in [-0.3, -0.25) is 4.79 Å². The lowest BCUT2D eigenvalue weighted by atomic mass is 9.85. The van der Waals surface area contributed by atoms with E-state index in [9.17, 15) is 14.7 Å². The number of amides is 2. The third kappa shape index (κ3) is 2.82. The predicted molar refractivity (Wildman–Crippen MR) is 72.8 cm³/mol. The number of ether oxygens (including phenoxy) is 1. The van der Waals surface area contributed by atoms with Crippen molar-refractivity contribution in [3.63, 3.8) is 0 Å². The van der Waals surface area contributed by atoms with E-state index in [1.807, 2.05) is 32.0 Å². The van der Waals surface area contributed by atoms with Crippen LogP contribution in [0.4, 0.5) is 4.79 Å². The Kier molecular flexibility index (Phi) is 4.39. The zero-order chi connectivity index (χ0) is 14.7. The first kappa shape index (κ1) is 14.5. The van der Waals surface area contributed by atoms with Gasteiger partial charge >= 0.3 is 6.09 Å². The summed E-state index contributed by atoms with van der Waals surface area (Å²) in [4.78, 5) is 25.1. The Labute approximate surface area is 118 Å². The molecular formula is C15H19NO4. The molecule has 108 valence electrons. The first-order chi connectivity index (χ1) is 9.52. The van der Waals surface area contributed by atoms with Crippen LogP contribution in [-0.4, -0.2) is 35.2 Å². The van der Waals surface area contributed by atoms with Crippen molar-refractivity contribution >= 4 is 12.0 Å². The normalized spacial score (nSPS) is 18.0. The number of carbonyl (C=O) groups excluding carboxylic acids is 2. The van der Waals surface area contributed by atoms with Crippen molar-refractivity contribution in [1.82, 2.24) is 4.90 Å². The van der Waals surface area contributed by atoms with Gasteiger partial charge in [0.25, 0.3) is 0 Å². The van der Waals surface area contributed by atoms with E-state index < -0.39 is 18.1 Å². The van der Waals surface area contributed by atoms with E-state index in [4.69, 9.17) is 4.74 Å². The maximum atomic E-state index is 12.5. The van der Waals surface area contributed by atoms with Gasteiger partial charge in [0, 0.05) is 0 Å². The molecule has 1 aliphatic rings. The highest BCUT2D eigenvalue weighted by molar-refractivity contribution is 5.94. The number of cyclic esters (lactones) is 1. The van der Waals surface area contributed by atoms with Gasteiger partial charge in [0.15, 0.2) is 0 Å². The number of hydrogen-bond donors (Lipinski definition) is 1. The summed E-state index contributed by atoms with van der Waals surface area (Å²) in [5.41, 5.74) is 0.673. The lowest BCUT2D eigenvalue weighted by Crippen LogP contribution is -2.41. The zero-order valence-corrected chi connectivity index (χ0v) is 11.7. The Morgan fingerprint density at radius 3 is 2.45 bits per heavy atom. The SMILES string of the molecule is CC(C)[C@@H](C(=O)N1CCOC1=O)[C@@H](O)c1ccccc1. The largest absolute Gasteiger partial charge is 0.447 e. The minimum Gasteiger partial charge on any atom is -0.447 e. The van der Waals surface area contributed by atoms with Gasteiger partial charge in [-0.05, 0) is 11.5 Å². The highest BCUT2D eigenvalue weighted by Gasteiger charge is 2.39. The Morgan fingerprint density at radius 2 is 1.95 bits per heavy atom. The lowest BCUT2D eigenvalue weighted by Gasteiger charge is -2.28. The van der Waals surface area contributed by atoms with Crippen LogP contribution in [0.15, 0.2) is 30.3 Å². The Hall–Kier alpha value is -1.88. The molecule has 0 spiro atoms. The molecule has 5 heteroatoms. The van der Waals surface area contributed by atoms with Crippen LogP contribution in [0, 0.1) is 11.8 Å². The van der Waals surface area contributed by atoms with Gasteiger partial charge in [-0.15, -0.1) is 0 Å². The smallest absolute Gasteiger partial charge is 0.416 e. The van der Waals surface area contributed by atoms with Crippen molar-refractivity contribution in [3.05, 3.63) is 35.9 Å². The van der Waals surface area contributed by atoms with Crippen LogP contribution < -0.4 is 0 Å². The van der Waals surface area contributed by atoms with E-state index in [-0.39, 0.29) is 25.0 Å². The Morgan fingerprint density at radius 1 is 1.30 bits per heavy atom. The second-order valence-corrected chi connectivity index (χ2v) is 5.23. The van der Waals surface area contributed by atoms with Crippen molar-refractivity contribution in [2.45, 2.75) is 20.0 Å². The van der Waals surface area contributed by atoms with Gasteiger partial charge in [0.05, 0.1) is 18.6 Å². The highest BCUT2D eigenvalue weighted by atomic mass is 16.6. The molecule has 0 saturated carbocycles. The van der Waals surface area contributed by atoms with Crippen molar-refractivity contribution in [2.24, 2.45) is 11.8 Å². The van der Waals surface area contributed by atoms with Gasteiger partial charge < -0.3 is 9.84 Å². The summed E-state index contributed by atoms with van der Waals surface area (Å²) in [5.74, 6) is -1.13. The number of nitrogens with zero attached hydrogens (tertiary/aromatic N) is 1. The van der Waals surface area contributed by atoms with E-state index in [2.05, 4.69) is 0 Å². The number of benzene rings is 1. The minimum atomic E-state index is -0.933. The van der Waals surface area contributed by atoms with Crippen molar-refractivity contribution in [1.29, 1.82) is 0 Å². The summed E-state index contributed by atoms with van der Waals surface area (Å²) in [6.07, 6.45) is -1.56. The van der Waals surface area contributed by atoms with Crippen molar-refractivity contribution in [2.75, 3.05) is 13.2 Å². The van der Waals surface area contributed by atoms with E-state index >= 15 is 0 Å². The fourth-order valence-electron chi connectivity index (χ4n) is 2.42. The summed E-state index contributed by atoms with van der Waals surface area (Å²) in [6, 6.07) is 9.01. The molecule has 1 heterocycles. The van der Waals surface area contributed by atoms with Crippen molar-refractivity contribution in [3.8, 4) is 0 Å². The molecule has 1 aromatic carbocycles. The van der Waals surface area contributed by atoms with Gasteiger partial charge in [-0.1, -0.05) is 44.2 Å². The molecule has 20 heavy (non-hydrogen) atoms. The van der Waals surface area contributed by atoms with Crippen LogP contribution >= 0.6 is 0 Å². The molecular weight excluding hydrogens is 258 g/mol. The maximum absolute atomic E-state index is 12.5. The van der Waals surface area contributed by atoms with Crippen LogP contribution in [0.1, 0.15) is 25.5 Å². The summed E-state index contributed by atoms with van der Waals surface area (Å²) in [6.45, 7) is 4.19. The standard InChI is InChI=1S/C15H19NO4/c1-10(2)12(13(17)11-6-4-3-5-7-11)14(18)16-8-9-20-15(16)19/h3-7,10,12-13,17H,8-9H2,1-2H3/t12-,13+/m1/s1. The molecule has 2 rings (SSSR count). The fourth-order valence-corrected chi connectivity index (χ4v) is 2.42. The zero-order valence-electron chi connectivity index (χ0n) is 11.7. The number of aliphatic hydroxyl groups excluding tert-OH is 1. The van der Waals surface area contributed by atoms with Gasteiger partial charge in [-0.2, -0.15) is 0 Å². The van der Waals surface area contributed by atoms with E-state index in [0.29, 0.717) is 5.56 Å². The second kappa shape index (κ2) is 6.05. The topological polar surface area (TPSA) is 66.8 Å². The van der Waals surface area contributed by atoms with Crippen molar-refractivity contribution < 1.29 is 19.4 Å². The van der Waals surface area contributed by atoms with E-state index in [1.165, 1.54) is 0 Å². The number of carbonyl (C=O) groups is 2. The minimum absolute atomic E-state index is 0.0916. The van der Waals surface area contributed by atoms with Crippen LogP contribution in [0.5, 0.6) is 0 Å². The lowest BCUT2D eigenvalue weighted by molar-refractivity contribution is -0.138. The predicted octanol–water partition coefficient (Wildman–Crippen LogP) is 1.97. The Balaban J connectivity index is 2.23. The van der Waals surface area contributed by atoms with Crippen LogP contribution in [0.25, 0.3) is 0 Å².